The van der Waals surface area contributed by atoms with Crippen LogP contribution < -0.4 is 5.32 Å². The first-order valence-electron chi connectivity index (χ1n) is 6.67. The minimum atomic E-state index is -0.155. The number of aryl methyl sites for hydroxylation is 1. The van der Waals surface area contributed by atoms with E-state index in [1.165, 1.54) is 11.1 Å². The molecule has 0 aliphatic carbocycles. The topological polar surface area (TPSA) is 24.9 Å². The van der Waals surface area contributed by atoms with Crippen LogP contribution in [0.3, 0.4) is 0 Å². The van der Waals surface area contributed by atoms with Crippen molar-refractivity contribution >= 4 is 23.7 Å². The molecule has 20 heavy (non-hydrogen) atoms. The number of aromatic nitrogens is 1. The van der Waals surface area contributed by atoms with Crippen molar-refractivity contribution in [1.29, 1.82) is 0 Å². The summed E-state index contributed by atoms with van der Waals surface area (Å²) in [6.07, 6.45) is 2.32. The highest BCUT2D eigenvalue weighted by atomic mass is 35.5. The number of benzene rings is 1. The SMILES string of the molecule is Cc1cc(-c2csc(C3CCNCC3)n2)ccc1F.Cl. The van der Waals surface area contributed by atoms with E-state index in [-0.39, 0.29) is 18.2 Å². The molecule has 0 saturated carbocycles. The zero-order chi connectivity index (χ0) is 13.2. The molecule has 2 aromatic rings. The van der Waals surface area contributed by atoms with E-state index >= 15 is 0 Å². The lowest BCUT2D eigenvalue weighted by atomic mass is 9.99. The third-order valence-electron chi connectivity index (χ3n) is 3.66. The zero-order valence-electron chi connectivity index (χ0n) is 11.4. The average molecular weight is 313 g/mol. The third kappa shape index (κ3) is 3.19. The second-order valence-electron chi connectivity index (χ2n) is 5.06. The number of nitrogens with one attached hydrogen (secondary N) is 1. The standard InChI is InChI=1S/C15H17FN2S.ClH/c1-10-8-12(2-3-13(10)16)14-9-19-15(18-14)11-4-6-17-7-5-11;/h2-3,8-9,11,17H,4-7H2,1H3;1H. The molecule has 2 nitrogen and oxygen atoms in total. The number of hydrogen-bond acceptors (Lipinski definition) is 3. The van der Waals surface area contributed by atoms with Crippen molar-refractivity contribution in [2.75, 3.05) is 13.1 Å². The van der Waals surface area contributed by atoms with E-state index in [1.807, 2.05) is 12.1 Å². The van der Waals surface area contributed by atoms with Crippen LogP contribution in [0.4, 0.5) is 4.39 Å². The van der Waals surface area contributed by atoms with Crippen molar-refractivity contribution in [1.82, 2.24) is 10.3 Å². The third-order valence-corrected chi connectivity index (χ3v) is 4.67. The lowest BCUT2D eigenvalue weighted by molar-refractivity contribution is 0.459. The van der Waals surface area contributed by atoms with Crippen LogP contribution in [-0.4, -0.2) is 18.1 Å². The zero-order valence-corrected chi connectivity index (χ0v) is 13.0. The van der Waals surface area contributed by atoms with Gasteiger partial charge < -0.3 is 5.32 Å². The molecule has 3 rings (SSSR count). The molecule has 0 spiro atoms. The fourth-order valence-corrected chi connectivity index (χ4v) is 3.48. The van der Waals surface area contributed by atoms with E-state index in [9.17, 15) is 4.39 Å². The van der Waals surface area contributed by atoms with Gasteiger partial charge in [-0.25, -0.2) is 9.37 Å². The number of hydrogen-bond donors (Lipinski definition) is 1. The van der Waals surface area contributed by atoms with Crippen molar-refractivity contribution in [3.63, 3.8) is 0 Å². The van der Waals surface area contributed by atoms with Gasteiger partial charge in [-0.15, -0.1) is 23.7 Å². The number of thiazole rings is 1. The van der Waals surface area contributed by atoms with Gasteiger partial charge in [0, 0.05) is 16.9 Å². The molecule has 1 N–H and O–H groups in total. The maximum atomic E-state index is 13.3. The maximum Gasteiger partial charge on any atom is 0.126 e. The van der Waals surface area contributed by atoms with Crippen LogP contribution in [0.15, 0.2) is 23.6 Å². The monoisotopic (exact) mass is 312 g/mol. The fourth-order valence-electron chi connectivity index (χ4n) is 2.48. The highest BCUT2D eigenvalue weighted by molar-refractivity contribution is 7.10. The number of halogens is 2. The molecule has 1 aromatic carbocycles. The van der Waals surface area contributed by atoms with Gasteiger partial charge in [0.05, 0.1) is 10.7 Å². The Hall–Kier alpha value is -0.970. The Morgan fingerprint density at radius 1 is 1.30 bits per heavy atom. The minimum absolute atomic E-state index is 0. The second kappa shape index (κ2) is 6.66. The number of nitrogens with zero attached hydrogens (tertiary/aromatic N) is 1. The molecule has 0 bridgehead atoms. The summed E-state index contributed by atoms with van der Waals surface area (Å²) in [5, 5.41) is 6.68. The predicted molar refractivity (Wildman–Crippen MR) is 84.3 cm³/mol. The van der Waals surface area contributed by atoms with Gasteiger partial charge in [-0.2, -0.15) is 0 Å². The second-order valence-corrected chi connectivity index (χ2v) is 5.95. The Kier molecular flexibility index (Phi) is 5.13. The van der Waals surface area contributed by atoms with Crippen molar-refractivity contribution in [3.8, 4) is 11.3 Å². The maximum absolute atomic E-state index is 13.3. The fraction of sp³-hybridized carbons (Fsp3) is 0.400. The number of rotatable bonds is 2. The van der Waals surface area contributed by atoms with Gasteiger partial charge in [-0.3, -0.25) is 0 Å². The molecule has 0 atom stereocenters. The summed E-state index contributed by atoms with van der Waals surface area (Å²) in [5.41, 5.74) is 2.66. The lowest BCUT2D eigenvalue weighted by Crippen LogP contribution is -2.26. The molecule has 1 saturated heterocycles. The van der Waals surface area contributed by atoms with Crippen LogP contribution in [0.25, 0.3) is 11.3 Å². The normalized spacial score (nSPS) is 15.9. The Morgan fingerprint density at radius 2 is 2.05 bits per heavy atom. The Labute approximate surface area is 128 Å². The summed E-state index contributed by atoms with van der Waals surface area (Å²) in [7, 11) is 0. The van der Waals surface area contributed by atoms with Crippen molar-refractivity contribution in [2.45, 2.75) is 25.7 Å². The Balaban J connectivity index is 0.00000147. The number of piperidine rings is 1. The summed E-state index contributed by atoms with van der Waals surface area (Å²) < 4.78 is 13.3. The van der Waals surface area contributed by atoms with Crippen molar-refractivity contribution in [2.24, 2.45) is 0 Å². The molecule has 0 amide bonds. The molecular weight excluding hydrogens is 295 g/mol. The summed E-state index contributed by atoms with van der Waals surface area (Å²) in [5.74, 6) is 0.430. The van der Waals surface area contributed by atoms with Gasteiger partial charge in [0.2, 0.25) is 0 Å². The van der Waals surface area contributed by atoms with Crippen molar-refractivity contribution < 1.29 is 4.39 Å². The average Bonchev–Trinajstić information content (AvgIpc) is 2.93. The molecule has 1 aliphatic heterocycles. The molecule has 1 aliphatic rings. The molecule has 0 radical (unpaired) electrons. The largest absolute Gasteiger partial charge is 0.317 e. The van der Waals surface area contributed by atoms with Gasteiger partial charge in [0.15, 0.2) is 0 Å². The van der Waals surface area contributed by atoms with Gasteiger partial charge in [-0.1, -0.05) is 0 Å². The van der Waals surface area contributed by atoms with E-state index in [1.54, 1.807) is 18.3 Å². The van der Waals surface area contributed by atoms with Crippen LogP contribution in [0.1, 0.15) is 29.3 Å². The summed E-state index contributed by atoms with van der Waals surface area (Å²) in [4.78, 5) is 4.74. The highest BCUT2D eigenvalue weighted by Gasteiger charge is 2.18. The molecule has 2 heterocycles. The molecule has 108 valence electrons. The van der Waals surface area contributed by atoms with E-state index in [0.29, 0.717) is 11.5 Å². The quantitative estimate of drug-likeness (QED) is 0.901. The van der Waals surface area contributed by atoms with Gasteiger partial charge in [0.1, 0.15) is 5.82 Å². The Bertz CT molecular complexity index is 579. The Morgan fingerprint density at radius 3 is 2.75 bits per heavy atom. The predicted octanol–water partition coefficient (Wildman–Crippen LogP) is 4.15. The van der Waals surface area contributed by atoms with E-state index < -0.39 is 0 Å². The van der Waals surface area contributed by atoms with E-state index in [2.05, 4.69) is 10.7 Å². The van der Waals surface area contributed by atoms with Crippen molar-refractivity contribution in [3.05, 3.63) is 40.0 Å². The highest BCUT2D eigenvalue weighted by Crippen LogP contribution is 2.31. The van der Waals surface area contributed by atoms with Crippen LogP contribution >= 0.6 is 23.7 Å². The van der Waals surface area contributed by atoms with Gasteiger partial charge in [0.25, 0.3) is 0 Å². The van der Waals surface area contributed by atoms with Gasteiger partial charge in [-0.05, 0) is 56.6 Å². The summed E-state index contributed by atoms with van der Waals surface area (Å²) in [6, 6.07) is 5.20. The summed E-state index contributed by atoms with van der Waals surface area (Å²) >= 11 is 1.73. The van der Waals surface area contributed by atoms with Crippen LogP contribution in [0.5, 0.6) is 0 Å². The lowest BCUT2D eigenvalue weighted by Gasteiger charge is -2.20. The molecule has 1 aromatic heterocycles. The van der Waals surface area contributed by atoms with Crippen LogP contribution in [0, 0.1) is 12.7 Å². The molecule has 5 heteroatoms. The summed E-state index contributed by atoms with van der Waals surface area (Å²) in [6.45, 7) is 3.95. The molecule has 0 unspecified atom stereocenters. The first kappa shape index (κ1) is 15.4. The van der Waals surface area contributed by atoms with Crippen LogP contribution in [-0.2, 0) is 0 Å². The first-order valence-corrected chi connectivity index (χ1v) is 7.54. The first-order chi connectivity index (χ1) is 9.24. The molecule has 1 fully saturated rings. The van der Waals surface area contributed by atoms with Gasteiger partial charge >= 0.3 is 0 Å². The van der Waals surface area contributed by atoms with Crippen LogP contribution in [0.2, 0.25) is 0 Å². The van der Waals surface area contributed by atoms with E-state index in [0.717, 1.165) is 37.2 Å². The smallest absolute Gasteiger partial charge is 0.126 e. The molecular formula is C15H18ClFN2S. The van der Waals surface area contributed by atoms with E-state index in [4.69, 9.17) is 4.98 Å². The minimum Gasteiger partial charge on any atom is -0.317 e.